The number of likely N-dealkylation sites (tertiary alicyclic amines) is 1. The average Bonchev–Trinajstić information content (AvgIpc) is 2.73. The van der Waals surface area contributed by atoms with E-state index in [-0.39, 0.29) is 11.6 Å². The molecule has 2 rings (SSSR count). The predicted octanol–water partition coefficient (Wildman–Crippen LogP) is 2.76. The van der Waals surface area contributed by atoms with Crippen LogP contribution in [0.25, 0.3) is 0 Å². The first-order chi connectivity index (χ1) is 7.68. The van der Waals surface area contributed by atoms with Crippen LogP contribution in [0.1, 0.15) is 25.3 Å². The first-order valence-corrected chi connectivity index (χ1v) is 5.59. The van der Waals surface area contributed by atoms with Crippen molar-refractivity contribution in [2.75, 3.05) is 13.7 Å². The van der Waals surface area contributed by atoms with Crippen molar-refractivity contribution in [3.8, 4) is 0 Å². The minimum Gasteiger partial charge on any atom is -0.453 e. The highest BCUT2D eigenvalue weighted by atomic mass is 16.5. The topological polar surface area (TPSA) is 29.5 Å². The van der Waals surface area contributed by atoms with E-state index in [1.165, 1.54) is 12.7 Å². The lowest BCUT2D eigenvalue weighted by atomic mass is 9.89. The highest BCUT2D eigenvalue weighted by molar-refractivity contribution is 5.69. The smallest absolute Gasteiger partial charge is 0.410 e. The highest BCUT2D eigenvalue weighted by Gasteiger charge is 2.41. The molecule has 1 fully saturated rings. The monoisotopic (exact) mass is 219 g/mol. The number of benzene rings is 1. The zero-order chi connectivity index (χ0) is 11.6. The number of ether oxygens (including phenoxy) is 1. The molecule has 0 spiro atoms. The number of hydrogen-bond acceptors (Lipinski definition) is 2. The zero-order valence-electron chi connectivity index (χ0n) is 9.77. The number of methoxy groups -OCH3 is 1. The third-order valence-corrected chi connectivity index (χ3v) is 3.43. The molecule has 0 N–H and O–H groups in total. The van der Waals surface area contributed by atoms with E-state index in [1.54, 1.807) is 0 Å². The Kier molecular flexibility index (Phi) is 2.86. The maximum atomic E-state index is 11.7. The Bertz CT molecular complexity index is 377. The Hall–Kier alpha value is -1.51. The van der Waals surface area contributed by atoms with Crippen molar-refractivity contribution in [1.29, 1.82) is 0 Å². The summed E-state index contributed by atoms with van der Waals surface area (Å²) in [5.41, 5.74) is 0.965. The van der Waals surface area contributed by atoms with Gasteiger partial charge >= 0.3 is 6.09 Å². The minimum atomic E-state index is -0.233. The Balaban J connectivity index is 2.33. The number of hydrogen-bond donors (Lipinski definition) is 0. The van der Waals surface area contributed by atoms with Crippen molar-refractivity contribution in [3.63, 3.8) is 0 Å². The van der Waals surface area contributed by atoms with Crippen LogP contribution in [0, 0.1) is 0 Å². The van der Waals surface area contributed by atoms with Crippen LogP contribution < -0.4 is 0 Å². The number of nitrogens with zero attached hydrogens (tertiary/aromatic N) is 1. The lowest BCUT2D eigenvalue weighted by Gasteiger charge is -2.34. The van der Waals surface area contributed by atoms with Gasteiger partial charge in [0.1, 0.15) is 0 Å². The Labute approximate surface area is 96.0 Å². The normalized spacial score (nSPS) is 24.5. The second-order valence-electron chi connectivity index (χ2n) is 4.37. The summed E-state index contributed by atoms with van der Waals surface area (Å²) in [4.78, 5) is 13.5. The molecule has 0 radical (unpaired) electrons. The van der Waals surface area contributed by atoms with Crippen LogP contribution in [0.5, 0.6) is 0 Å². The summed E-state index contributed by atoms with van der Waals surface area (Å²) in [6, 6.07) is 10.1. The van der Waals surface area contributed by atoms with E-state index < -0.39 is 0 Å². The lowest BCUT2D eigenvalue weighted by Crippen LogP contribution is -2.42. The fourth-order valence-corrected chi connectivity index (χ4v) is 2.46. The van der Waals surface area contributed by atoms with Gasteiger partial charge in [0.2, 0.25) is 0 Å². The summed E-state index contributed by atoms with van der Waals surface area (Å²) in [7, 11) is 1.44. The van der Waals surface area contributed by atoms with Crippen molar-refractivity contribution in [2.24, 2.45) is 0 Å². The van der Waals surface area contributed by atoms with E-state index in [4.69, 9.17) is 4.74 Å². The molecule has 0 aliphatic carbocycles. The molecule has 86 valence electrons. The molecule has 0 bridgehead atoms. The summed E-state index contributed by atoms with van der Waals surface area (Å²) in [6.07, 6.45) is 1.79. The second kappa shape index (κ2) is 4.16. The van der Waals surface area contributed by atoms with Gasteiger partial charge in [-0.05, 0) is 25.3 Å². The zero-order valence-corrected chi connectivity index (χ0v) is 9.77. The summed E-state index contributed by atoms with van der Waals surface area (Å²) >= 11 is 0. The Morgan fingerprint density at radius 1 is 1.38 bits per heavy atom. The van der Waals surface area contributed by atoms with Crippen molar-refractivity contribution in [3.05, 3.63) is 35.9 Å². The van der Waals surface area contributed by atoms with Crippen molar-refractivity contribution in [1.82, 2.24) is 4.90 Å². The molecule has 1 aliphatic rings. The number of amides is 1. The van der Waals surface area contributed by atoms with Gasteiger partial charge in [-0.2, -0.15) is 0 Å². The Morgan fingerprint density at radius 2 is 2.06 bits per heavy atom. The molecule has 3 nitrogen and oxygen atoms in total. The molecular weight excluding hydrogens is 202 g/mol. The fourth-order valence-electron chi connectivity index (χ4n) is 2.46. The van der Waals surface area contributed by atoms with Crippen molar-refractivity contribution >= 4 is 6.09 Å². The van der Waals surface area contributed by atoms with E-state index in [2.05, 4.69) is 19.1 Å². The van der Waals surface area contributed by atoms with E-state index >= 15 is 0 Å². The third kappa shape index (κ3) is 1.66. The fraction of sp³-hybridized carbons (Fsp3) is 0.462. The van der Waals surface area contributed by atoms with Gasteiger partial charge < -0.3 is 4.74 Å². The molecule has 1 aromatic rings. The van der Waals surface area contributed by atoms with Crippen LogP contribution >= 0.6 is 0 Å². The van der Waals surface area contributed by atoms with Gasteiger partial charge in [0.05, 0.1) is 12.6 Å². The molecule has 1 saturated heterocycles. The van der Waals surface area contributed by atoms with Crippen LogP contribution in [0.2, 0.25) is 0 Å². The highest BCUT2D eigenvalue weighted by Crippen LogP contribution is 2.38. The quantitative estimate of drug-likeness (QED) is 0.726. The van der Waals surface area contributed by atoms with E-state index in [1.807, 2.05) is 23.1 Å². The number of carbonyl (C=O) groups excluding carboxylic acids is 1. The van der Waals surface area contributed by atoms with Crippen LogP contribution in [-0.2, 0) is 10.3 Å². The van der Waals surface area contributed by atoms with Crippen LogP contribution in [0.4, 0.5) is 4.79 Å². The van der Waals surface area contributed by atoms with E-state index in [9.17, 15) is 4.79 Å². The molecule has 3 heteroatoms. The summed E-state index contributed by atoms with van der Waals surface area (Å²) < 4.78 is 4.84. The molecule has 1 atom stereocenters. The SMILES string of the molecule is COC(=O)N1CCCC1(C)c1ccccc1. The summed E-state index contributed by atoms with van der Waals surface area (Å²) in [6.45, 7) is 2.88. The standard InChI is InChI=1S/C13H17NO2/c1-13(11-7-4-3-5-8-11)9-6-10-14(13)12(15)16-2/h3-5,7-8H,6,9-10H2,1-2H3. The number of rotatable bonds is 1. The van der Waals surface area contributed by atoms with Gasteiger partial charge in [-0.1, -0.05) is 30.3 Å². The molecule has 1 heterocycles. The van der Waals surface area contributed by atoms with Crippen LogP contribution in [0.15, 0.2) is 30.3 Å². The second-order valence-corrected chi connectivity index (χ2v) is 4.37. The molecular formula is C13H17NO2. The van der Waals surface area contributed by atoms with E-state index in [0.29, 0.717) is 0 Å². The molecule has 16 heavy (non-hydrogen) atoms. The molecule has 0 aromatic heterocycles. The molecule has 1 aromatic carbocycles. The van der Waals surface area contributed by atoms with Gasteiger partial charge in [-0.3, -0.25) is 4.90 Å². The van der Waals surface area contributed by atoms with Crippen LogP contribution in [0.3, 0.4) is 0 Å². The Morgan fingerprint density at radius 3 is 2.69 bits per heavy atom. The van der Waals surface area contributed by atoms with Crippen molar-refractivity contribution in [2.45, 2.75) is 25.3 Å². The van der Waals surface area contributed by atoms with Gasteiger partial charge in [-0.25, -0.2) is 4.79 Å². The van der Waals surface area contributed by atoms with Gasteiger partial charge in [-0.15, -0.1) is 0 Å². The van der Waals surface area contributed by atoms with E-state index in [0.717, 1.165) is 19.4 Å². The first-order valence-electron chi connectivity index (χ1n) is 5.59. The largest absolute Gasteiger partial charge is 0.453 e. The third-order valence-electron chi connectivity index (χ3n) is 3.43. The molecule has 1 amide bonds. The van der Waals surface area contributed by atoms with Gasteiger partial charge in [0, 0.05) is 6.54 Å². The van der Waals surface area contributed by atoms with Crippen LogP contribution in [-0.4, -0.2) is 24.6 Å². The summed E-state index contributed by atoms with van der Waals surface area (Å²) in [5.74, 6) is 0. The molecule has 1 aliphatic heterocycles. The molecule has 0 saturated carbocycles. The van der Waals surface area contributed by atoms with Gasteiger partial charge in [0.15, 0.2) is 0 Å². The van der Waals surface area contributed by atoms with Gasteiger partial charge in [0.25, 0.3) is 0 Å². The van der Waals surface area contributed by atoms with Crippen molar-refractivity contribution < 1.29 is 9.53 Å². The average molecular weight is 219 g/mol. The predicted molar refractivity (Wildman–Crippen MR) is 62.1 cm³/mol. The first kappa shape index (κ1) is 11.0. The maximum absolute atomic E-state index is 11.7. The lowest BCUT2D eigenvalue weighted by molar-refractivity contribution is 0.0915. The minimum absolute atomic E-state index is 0.214. The molecule has 1 unspecified atom stereocenters. The maximum Gasteiger partial charge on any atom is 0.410 e. The summed E-state index contributed by atoms with van der Waals surface area (Å²) in [5, 5.41) is 0. The number of carbonyl (C=O) groups is 1.